The average Bonchev–Trinajstić information content (AvgIpc) is 2.49. The van der Waals surface area contributed by atoms with Crippen molar-refractivity contribution in [3.8, 4) is 0 Å². The quantitative estimate of drug-likeness (QED) is 0.765. The van der Waals surface area contributed by atoms with Crippen molar-refractivity contribution < 1.29 is 19.1 Å². The second-order valence-corrected chi connectivity index (χ2v) is 5.20. The number of nitrogens with zero attached hydrogens (tertiary/aromatic N) is 1. The molecule has 0 bridgehead atoms. The molecule has 0 saturated heterocycles. The smallest absolute Gasteiger partial charge is 0.313 e. The predicted molar refractivity (Wildman–Crippen MR) is 85.4 cm³/mol. The normalized spacial score (nSPS) is 10.4. The summed E-state index contributed by atoms with van der Waals surface area (Å²) in [5.74, 6) is -1.46. The van der Waals surface area contributed by atoms with E-state index in [2.05, 4.69) is 5.32 Å². The molecule has 0 spiro atoms. The van der Waals surface area contributed by atoms with Crippen molar-refractivity contribution >= 4 is 40.7 Å². The summed E-state index contributed by atoms with van der Waals surface area (Å²) in [7, 11) is 3.04. The molecule has 0 aliphatic rings. The minimum atomic E-state index is -0.781. The number of anilines is 1. The summed E-state index contributed by atoms with van der Waals surface area (Å²) in [4.78, 5) is 25.6. The van der Waals surface area contributed by atoms with Gasteiger partial charge in [0.2, 0.25) is 0 Å². The molecule has 2 amide bonds. The zero-order valence-electron chi connectivity index (χ0n) is 12.4. The maximum Gasteiger partial charge on any atom is 0.313 e. The Morgan fingerprint density at radius 1 is 1.14 bits per heavy atom. The van der Waals surface area contributed by atoms with Gasteiger partial charge >= 0.3 is 11.8 Å². The Bertz CT molecular complexity index is 518. The summed E-state index contributed by atoms with van der Waals surface area (Å²) in [5.41, 5.74) is 0.322. The average molecular weight is 349 g/mol. The van der Waals surface area contributed by atoms with Gasteiger partial charge < -0.3 is 19.7 Å². The van der Waals surface area contributed by atoms with E-state index in [4.69, 9.17) is 32.7 Å². The lowest BCUT2D eigenvalue weighted by atomic mass is 10.3. The van der Waals surface area contributed by atoms with Gasteiger partial charge in [-0.15, -0.1) is 0 Å². The van der Waals surface area contributed by atoms with Gasteiger partial charge in [0.25, 0.3) is 0 Å². The van der Waals surface area contributed by atoms with Crippen LogP contribution >= 0.6 is 23.2 Å². The Kier molecular flexibility index (Phi) is 8.19. The van der Waals surface area contributed by atoms with Gasteiger partial charge in [0.15, 0.2) is 0 Å². The van der Waals surface area contributed by atoms with Crippen LogP contribution in [0.5, 0.6) is 0 Å². The van der Waals surface area contributed by atoms with Crippen LogP contribution in [-0.2, 0) is 19.1 Å². The summed E-state index contributed by atoms with van der Waals surface area (Å²) in [6, 6.07) is 4.59. The highest BCUT2D eigenvalue weighted by Gasteiger charge is 2.22. The third kappa shape index (κ3) is 5.81. The van der Waals surface area contributed by atoms with E-state index in [0.29, 0.717) is 37.0 Å². The van der Waals surface area contributed by atoms with Crippen molar-refractivity contribution in [3.63, 3.8) is 0 Å². The van der Waals surface area contributed by atoms with Crippen molar-refractivity contribution in [2.75, 3.05) is 45.8 Å². The first kappa shape index (κ1) is 18.7. The number of hydrogen-bond acceptors (Lipinski definition) is 4. The highest BCUT2D eigenvalue weighted by atomic mass is 35.5. The maximum atomic E-state index is 12.2. The Balaban J connectivity index is 2.73. The van der Waals surface area contributed by atoms with Crippen LogP contribution in [0.4, 0.5) is 5.69 Å². The standard InChI is InChI=1S/C14H18Cl2N2O4/c1-21-7-5-18(6-8-22-2)14(20)13(19)17-12-4-3-10(15)9-11(12)16/h3-4,9H,5-8H2,1-2H3,(H,17,19). The molecule has 22 heavy (non-hydrogen) atoms. The monoisotopic (exact) mass is 348 g/mol. The summed E-state index contributed by atoms with van der Waals surface area (Å²) in [6.07, 6.45) is 0. The fraction of sp³-hybridized carbons (Fsp3) is 0.429. The molecule has 122 valence electrons. The van der Waals surface area contributed by atoms with E-state index in [1.807, 2.05) is 0 Å². The molecular weight excluding hydrogens is 331 g/mol. The number of ether oxygens (including phenoxy) is 2. The van der Waals surface area contributed by atoms with Crippen molar-refractivity contribution in [2.24, 2.45) is 0 Å². The zero-order chi connectivity index (χ0) is 16.5. The lowest BCUT2D eigenvalue weighted by Crippen LogP contribution is -2.43. The lowest BCUT2D eigenvalue weighted by Gasteiger charge is -2.21. The van der Waals surface area contributed by atoms with Crippen LogP contribution in [0.3, 0.4) is 0 Å². The van der Waals surface area contributed by atoms with Crippen molar-refractivity contribution in [2.45, 2.75) is 0 Å². The molecule has 0 unspecified atom stereocenters. The van der Waals surface area contributed by atoms with Crippen LogP contribution in [0.2, 0.25) is 10.0 Å². The second-order valence-electron chi connectivity index (χ2n) is 4.36. The molecule has 0 aromatic heterocycles. The van der Waals surface area contributed by atoms with Gasteiger partial charge in [-0.2, -0.15) is 0 Å². The number of hydrogen-bond donors (Lipinski definition) is 1. The molecule has 1 aromatic carbocycles. The van der Waals surface area contributed by atoms with E-state index in [-0.39, 0.29) is 5.02 Å². The number of benzene rings is 1. The molecule has 6 nitrogen and oxygen atoms in total. The zero-order valence-corrected chi connectivity index (χ0v) is 13.9. The summed E-state index contributed by atoms with van der Waals surface area (Å²) in [6.45, 7) is 1.23. The molecule has 0 aliphatic carbocycles. The van der Waals surface area contributed by atoms with Crippen LogP contribution in [-0.4, -0.2) is 57.2 Å². The van der Waals surface area contributed by atoms with E-state index in [9.17, 15) is 9.59 Å². The third-order valence-electron chi connectivity index (χ3n) is 2.79. The van der Waals surface area contributed by atoms with E-state index in [0.717, 1.165) is 0 Å². The Morgan fingerprint density at radius 3 is 2.23 bits per heavy atom. The maximum absolute atomic E-state index is 12.2. The summed E-state index contributed by atoms with van der Waals surface area (Å²) in [5, 5.41) is 3.17. The van der Waals surface area contributed by atoms with E-state index >= 15 is 0 Å². The third-order valence-corrected chi connectivity index (χ3v) is 3.34. The van der Waals surface area contributed by atoms with Gasteiger partial charge in [0, 0.05) is 32.3 Å². The summed E-state index contributed by atoms with van der Waals surface area (Å²) >= 11 is 11.7. The molecule has 0 fully saturated rings. The molecule has 1 aromatic rings. The van der Waals surface area contributed by atoms with Gasteiger partial charge in [0.05, 0.1) is 23.9 Å². The van der Waals surface area contributed by atoms with Gasteiger partial charge in [0.1, 0.15) is 0 Å². The number of amides is 2. The number of nitrogens with one attached hydrogen (secondary N) is 1. The second kappa shape index (κ2) is 9.63. The largest absolute Gasteiger partial charge is 0.383 e. The fourth-order valence-corrected chi connectivity index (χ4v) is 2.08. The molecule has 1 N–H and O–H groups in total. The molecule has 0 aliphatic heterocycles. The number of carbonyl (C=O) groups is 2. The Morgan fingerprint density at radius 2 is 1.73 bits per heavy atom. The van der Waals surface area contributed by atoms with Gasteiger partial charge in [-0.05, 0) is 18.2 Å². The first-order valence-electron chi connectivity index (χ1n) is 6.52. The highest BCUT2D eigenvalue weighted by molar-refractivity contribution is 6.42. The van der Waals surface area contributed by atoms with Crippen LogP contribution < -0.4 is 5.32 Å². The molecule has 1 rings (SSSR count). The van der Waals surface area contributed by atoms with Crippen molar-refractivity contribution in [1.29, 1.82) is 0 Å². The Labute approximate surface area is 139 Å². The molecular formula is C14H18Cl2N2O4. The molecule has 8 heteroatoms. The first-order valence-corrected chi connectivity index (χ1v) is 7.28. The molecule has 0 radical (unpaired) electrons. The van der Waals surface area contributed by atoms with Crippen molar-refractivity contribution in [1.82, 2.24) is 4.90 Å². The van der Waals surface area contributed by atoms with Crippen LogP contribution in [0.15, 0.2) is 18.2 Å². The van der Waals surface area contributed by atoms with E-state index < -0.39 is 11.8 Å². The lowest BCUT2D eigenvalue weighted by molar-refractivity contribution is -0.144. The fourth-order valence-electron chi connectivity index (χ4n) is 1.63. The van der Waals surface area contributed by atoms with Gasteiger partial charge in [-0.3, -0.25) is 9.59 Å². The number of carbonyl (C=O) groups excluding carboxylic acids is 2. The number of rotatable bonds is 7. The summed E-state index contributed by atoms with van der Waals surface area (Å²) < 4.78 is 9.86. The molecule has 0 atom stereocenters. The van der Waals surface area contributed by atoms with Gasteiger partial charge in [-0.25, -0.2) is 0 Å². The first-order chi connectivity index (χ1) is 10.5. The van der Waals surface area contributed by atoms with Crippen LogP contribution in [0.1, 0.15) is 0 Å². The minimum absolute atomic E-state index is 0.258. The molecule has 0 saturated carbocycles. The van der Waals surface area contributed by atoms with Gasteiger partial charge in [-0.1, -0.05) is 23.2 Å². The molecule has 0 heterocycles. The van der Waals surface area contributed by atoms with Crippen LogP contribution in [0, 0.1) is 0 Å². The highest BCUT2D eigenvalue weighted by Crippen LogP contribution is 2.25. The van der Waals surface area contributed by atoms with Crippen LogP contribution in [0.25, 0.3) is 0 Å². The predicted octanol–water partition coefficient (Wildman–Crippen LogP) is 2.05. The number of methoxy groups -OCH3 is 2. The SMILES string of the molecule is COCCN(CCOC)C(=O)C(=O)Nc1ccc(Cl)cc1Cl. The Hall–Kier alpha value is -1.34. The van der Waals surface area contributed by atoms with E-state index in [1.165, 1.54) is 31.3 Å². The number of halogens is 2. The minimum Gasteiger partial charge on any atom is -0.383 e. The van der Waals surface area contributed by atoms with E-state index in [1.54, 1.807) is 6.07 Å². The topological polar surface area (TPSA) is 67.9 Å². The van der Waals surface area contributed by atoms with Crippen molar-refractivity contribution in [3.05, 3.63) is 28.2 Å².